The van der Waals surface area contributed by atoms with Gasteiger partial charge in [0.15, 0.2) is 11.5 Å². The molecule has 0 unspecified atom stereocenters. The van der Waals surface area contributed by atoms with E-state index in [1.54, 1.807) is 11.0 Å². The summed E-state index contributed by atoms with van der Waals surface area (Å²) < 4.78 is 0. The molecule has 0 aliphatic carbocycles. The minimum Gasteiger partial charge on any atom is -0.504 e. The third-order valence-electron chi connectivity index (χ3n) is 3.70. The van der Waals surface area contributed by atoms with E-state index in [4.69, 9.17) is 0 Å². The number of aromatic hydroxyl groups is 2. The Labute approximate surface area is 119 Å². The van der Waals surface area contributed by atoms with Gasteiger partial charge in [-0.3, -0.25) is 4.79 Å². The van der Waals surface area contributed by atoms with Crippen molar-refractivity contribution in [1.82, 2.24) is 4.90 Å². The molecule has 0 atom stereocenters. The fraction of sp³-hybridized carbons (Fsp3) is 0.438. The van der Waals surface area contributed by atoms with E-state index in [9.17, 15) is 15.0 Å². The molecule has 0 spiro atoms. The van der Waals surface area contributed by atoms with Crippen LogP contribution in [-0.2, 0) is 0 Å². The molecule has 1 aromatic rings. The van der Waals surface area contributed by atoms with Crippen LogP contribution in [0.1, 0.15) is 37.6 Å². The molecule has 0 aromatic heterocycles. The molecule has 1 heterocycles. The quantitative estimate of drug-likeness (QED) is 0.612. The van der Waals surface area contributed by atoms with E-state index in [0.29, 0.717) is 13.1 Å². The molecule has 4 heteroatoms. The lowest BCUT2D eigenvalue weighted by molar-refractivity contribution is 0.0761. The molecule has 2 rings (SSSR count). The summed E-state index contributed by atoms with van der Waals surface area (Å²) in [6.45, 7) is 7.67. The summed E-state index contributed by atoms with van der Waals surface area (Å²) in [6.07, 6.45) is 2.93. The first-order chi connectivity index (χ1) is 9.30. The smallest absolute Gasteiger partial charge is 0.258 e. The standard InChI is InChI=1S/C16H21NO3/c1-16(2,3)11-7-9-17(10-8-11)15(20)12-5-4-6-13(18)14(12)19/h4-7,18-19H,8-10H2,1-3H3. The number of amides is 1. The zero-order valence-electron chi connectivity index (χ0n) is 12.2. The van der Waals surface area contributed by atoms with E-state index in [1.165, 1.54) is 17.7 Å². The van der Waals surface area contributed by atoms with Crippen molar-refractivity contribution in [3.63, 3.8) is 0 Å². The van der Waals surface area contributed by atoms with Crippen LogP contribution in [-0.4, -0.2) is 34.1 Å². The number of hydrogen-bond acceptors (Lipinski definition) is 3. The molecule has 0 saturated carbocycles. The highest BCUT2D eigenvalue weighted by atomic mass is 16.3. The molecule has 1 aliphatic rings. The van der Waals surface area contributed by atoms with Crippen molar-refractivity contribution in [2.45, 2.75) is 27.2 Å². The van der Waals surface area contributed by atoms with Gasteiger partial charge in [0.1, 0.15) is 0 Å². The van der Waals surface area contributed by atoms with Crippen LogP contribution >= 0.6 is 0 Å². The molecule has 0 saturated heterocycles. The molecule has 2 N–H and O–H groups in total. The lowest BCUT2D eigenvalue weighted by atomic mass is 9.83. The van der Waals surface area contributed by atoms with Gasteiger partial charge in [-0.25, -0.2) is 0 Å². The molecule has 0 bridgehead atoms. The van der Waals surface area contributed by atoms with E-state index in [1.807, 2.05) is 0 Å². The van der Waals surface area contributed by atoms with Crippen LogP contribution in [0.15, 0.2) is 29.8 Å². The Hall–Kier alpha value is -1.97. The first-order valence-electron chi connectivity index (χ1n) is 6.80. The van der Waals surface area contributed by atoms with Crippen LogP contribution in [0, 0.1) is 5.41 Å². The lowest BCUT2D eigenvalue weighted by Gasteiger charge is -2.32. The fourth-order valence-electron chi connectivity index (χ4n) is 2.41. The zero-order chi connectivity index (χ0) is 14.9. The van der Waals surface area contributed by atoms with Crippen molar-refractivity contribution in [3.8, 4) is 11.5 Å². The second kappa shape index (κ2) is 5.19. The number of para-hydroxylation sites is 1. The summed E-state index contributed by atoms with van der Waals surface area (Å²) in [6, 6.07) is 4.45. The van der Waals surface area contributed by atoms with Gasteiger partial charge in [-0.2, -0.15) is 0 Å². The number of hydrogen-bond donors (Lipinski definition) is 2. The summed E-state index contributed by atoms with van der Waals surface area (Å²) in [4.78, 5) is 14.0. The Kier molecular flexibility index (Phi) is 3.75. The van der Waals surface area contributed by atoms with Crippen molar-refractivity contribution in [2.75, 3.05) is 13.1 Å². The Morgan fingerprint density at radius 2 is 1.95 bits per heavy atom. The SMILES string of the molecule is CC(C)(C)C1=CCN(C(=O)c2cccc(O)c2O)CC1. The highest BCUT2D eigenvalue weighted by Crippen LogP contribution is 2.32. The maximum absolute atomic E-state index is 12.4. The molecule has 0 radical (unpaired) electrons. The Morgan fingerprint density at radius 1 is 1.25 bits per heavy atom. The van der Waals surface area contributed by atoms with Gasteiger partial charge in [0.05, 0.1) is 5.56 Å². The first-order valence-corrected chi connectivity index (χ1v) is 6.80. The van der Waals surface area contributed by atoms with Gasteiger partial charge in [0.2, 0.25) is 0 Å². The number of benzene rings is 1. The van der Waals surface area contributed by atoms with Crippen molar-refractivity contribution in [1.29, 1.82) is 0 Å². The van der Waals surface area contributed by atoms with Gasteiger partial charge in [-0.1, -0.05) is 38.5 Å². The summed E-state index contributed by atoms with van der Waals surface area (Å²) in [7, 11) is 0. The van der Waals surface area contributed by atoms with Crippen LogP contribution < -0.4 is 0 Å². The van der Waals surface area contributed by atoms with E-state index < -0.39 is 0 Å². The topological polar surface area (TPSA) is 60.8 Å². The predicted molar refractivity (Wildman–Crippen MR) is 77.8 cm³/mol. The van der Waals surface area contributed by atoms with E-state index in [-0.39, 0.29) is 28.4 Å². The van der Waals surface area contributed by atoms with Crippen LogP contribution in [0.3, 0.4) is 0 Å². The summed E-state index contributed by atoms with van der Waals surface area (Å²) >= 11 is 0. The fourth-order valence-corrected chi connectivity index (χ4v) is 2.41. The summed E-state index contributed by atoms with van der Waals surface area (Å²) in [5.41, 5.74) is 1.63. The van der Waals surface area contributed by atoms with Crippen molar-refractivity contribution in [2.24, 2.45) is 5.41 Å². The average Bonchev–Trinajstić information content (AvgIpc) is 2.40. The van der Waals surface area contributed by atoms with Crippen LogP contribution in [0.5, 0.6) is 11.5 Å². The van der Waals surface area contributed by atoms with E-state index in [2.05, 4.69) is 26.8 Å². The normalized spacial score (nSPS) is 15.9. The molecule has 1 amide bonds. The molecule has 108 valence electrons. The summed E-state index contributed by atoms with van der Waals surface area (Å²) in [5.74, 6) is -0.857. The maximum Gasteiger partial charge on any atom is 0.258 e. The number of carbonyl (C=O) groups is 1. The third kappa shape index (κ3) is 2.79. The van der Waals surface area contributed by atoms with Gasteiger partial charge in [-0.05, 0) is 24.0 Å². The highest BCUT2D eigenvalue weighted by molar-refractivity contribution is 5.97. The second-order valence-electron chi connectivity index (χ2n) is 6.15. The lowest BCUT2D eigenvalue weighted by Crippen LogP contribution is -2.36. The second-order valence-corrected chi connectivity index (χ2v) is 6.15. The average molecular weight is 275 g/mol. The molecular formula is C16H21NO3. The number of carbonyl (C=O) groups excluding carboxylic acids is 1. The first kappa shape index (κ1) is 14.4. The van der Waals surface area contributed by atoms with E-state index >= 15 is 0 Å². The molecule has 0 fully saturated rings. The molecule has 1 aliphatic heterocycles. The molecule has 4 nitrogen and oxygen atoms in total. The Balaban J connectivity index is 2.17. The number of rotatable bonds is 1. The third-order valence-corrected chi connectivity index (χ3v) is 3.70. The van der Waals surface area contributed by atoms with Gasteiger partial charge in [-0.15, -0.1) is 0 Å². The van der Waals surface area contributed by atoms with Gasteiger partial charge < -0.3 is 15.1 Å². The molecular weight excluding hydrogens is 254 g/mol. The van der Waals surface area contributed by atoms with Crippen LogP contribution in [0.4, 0.5) is 0 Å². The van der Waals surface area contributed by atoms with Crippen LogP contribution in [0.2, 0.25) is 0 Å². The Bertz CT molecular complexity index is 555. The predicted octanol–water partition coefficient (Wildman–Crippen LogP) is 2.92. The summed E-state index contributed by atoms with van der Waals surface area (Å²) in [5, 5.41) is 19.2. The number of phenols is 2. The minimum atomic E-state index is -0.344. The Morgan fingerprint density at radius 3 is 2.50 bits per heavy atom. The number of phenolic OH excluding ortho intramolecular Hbond substituents is 2. The van der Waals surface area contributed by atoms with Gasteiger partial charge in [0, 0.05) is 13.1 Å². The minimum absolute atomic E-state index is 0.127. The zero-order valence-corrected chi connectivity index (χ0v) is 12.2. The largest absolute Gasteiger partial charge is 0.504 e. The molecule has 1 aromatic carbocycles. The monoisotopic (exact) mass is 275 g/mol. The van der Waals surface area contributed by atoms with Crippen molar-refractivity contribution in [3.05, 3.63) is 35.4 Å². The maximum atomic E-state index is 12.4. The van der Waals surface area contributed by atoms with Crippen molar-refractivity contribution < 1.29 is 15.0 Å². The number of nitrogens with zero attached hydrogens (tertiary/aromatic N) is 1. The van der Waals surface area contributed by atoms with Gasteiger partial charge in [0.25, 0.3) is 5.91 Å². The van der Waals surface area contributed by atoms with Crippen molar-refractivity contribution >= 4 is 5.91 Å². The highest BCUT2D eigenvalue weighted by Gasteiger charge is 2.25. The van der Waals surface area contributed by atoms with Gasteiger partial charge >= 0.3 is 0 Å². The van der Waals surface area contributed by atoms with E-state index in [0.717, 1.165) is 6.42 Å². The molecule has 20 heavy (non-hydrogen) atoms. The van der Waals surface area contributed by atoms with Crippen LogP contribution in [0.25, 0.3) is 0 Å².